The molecule has 0 saturated heterocycles. The molecule has 0 bridgehead atoms. The van der Waals surface area contributed by atoms with Crippen LogP contribution >= 0.6 is 11.3 Å². The molecule has 8 nitrogen and oxygen atoms in total. The van der Waals surface area contributed by atoms with E-state index in [1.807, 2.05) is 10.6 Å². The molecular formula is C28H33N3O5S. The van der Waals surface area contributed by atoms with Crippen molar-refractivity contribution in [3.63, 3.8) is 0 Å². The van der Waals surface area contributed by atoms with Gasteiger partial charge in [0.05, 0.1) is 30.1 Å². The summed E-state index contributed by atoms with van der Waals surface area (Å²) < 4.78 is 7.79. The molecule has 196 valence electrons. The molecular weight excluding hydrogens is 490 g/mol. The Morgan fingerprint density at radius 1 is 1.30 bits per heavy atom. The highest BCUT2D eigenvalue weighted by Gasteiger charge is 2.31. The van der Waals surface area contributed by atoms with Crippen molar-refractivity contribution >= 4 is 34.1 Å². The molecule has 1 aromatic carbocycles. The van der Waals surface area contributed by atoms with E-state index in [0.29, 0.717) is 23.1 Å². The number of rotatable bonds is 9. The molecule has 1 fully saturated rings. The molecule has 2 atom stereocenters. The molecule has 3 aromatic rings. The van der Waals surface area contributed by atoms with Crippen molar-refractivity contribution in [3.05, 3.63) is 50.6 Å². The molecule has 2 aliphatic rings. The average Bonchev–Trinajstić information content (AvgIpc) is 3.64. The Bertz CT molecular complexity index is 1420. The standard InChI is InChI=1S/C28H33N3O5S/c1-3-4-6-20(29)27(33)30-21-7-5-8-22-18(21)13-23(37-22)16-11-12-17-24(26(16)36-2)31(15-9-10-15)14-19(25(17)32)28(34)35/h11-15,20-21H,3-10,29H2,1-2H3,(H,30,33)(H,34,35)/t20-,21?/m1/s1. The third kappa shape index (κ3) is 4.78. The minimum Gasteiger partial charge on any atom is -0.494 e. The van der Waals surface area contributed by atoms with Crippen LogP contribution in [0.5, 0.6) is 5.75 Å². The zero-order valence-corrected chi connectivity index (χ0v) is 22.0. The lowest BCUT2D eigenvalue weighted by atomic mass is 9.92. The van der Waals surface area contributed by atoms with E-state index in [2.05, 4.69) is 18.3 Å². The van der Waals surface area contributed by atoms with Crippen LogP contribution in [0.1, 0.15) is 84.8 Å². The number of amides is 1. The number of hydrogen-bond donors (Lipinski definition) is 3. The van der Waals surface area contributed by atoms with E-state index >= 15 is 0 Å². The number of aromatic nitrogens is 1. The molecule has 2 heterocycles. The van der Waals surface area contributed by atoms with Crippen LogP contribution in [0.25, 0.3) is 21.3 Å². The van der Waals surface area contributed by atoms with E-state index < -0.39 is 17.4 Å². The first-order valence-electron chi connectivity index (χ1n) is 13.0. The van der Waals surface area contributed by atoms with Gasteiger partial charge >= 0.3 is 5.97 Å². The Morgan fingerprint density at radius 2 is 2.08 bits per heavy atom. The molecule has 2 aromatic heterocycles. The van der Waals surface area contributed by atoms with Gasteiger partial charge in [0.25, 0.3) is 0 Å². The summed E-state index contributed by atoms with van der Waals surface area (Å²) in [6.07, 6.45) is 8.72. The number of aryl methyl sites for hydroxylation is 1. The summed E-state index contributed by atoms with van der Waals surface area (Å²) in [6.45, 7) is 2.08. The minimum absolute atomic E-state index is 0.0804. The van der Waals surface area contributed by atoms with Crippen LogP contribution in [0, 0.1) is 0 Å². The molecule has 1 saturated carbocycles. The van der Waals surface area contributed by atoms with Crippen LogP contribution in [0.4, 0.5) is 0 Å². The van der Waals surface area contributed by atoms with Crippen molar-refractivity contribution in [3.8, 4) is 16.2 Å². The van der Waals surface area contributed by atoms with Crippen molar-refractivity contribution in [2.24, 2.45) is 5.73 Å². The maximum Gasteiger partial charge on any atom is 0.341 e. The molecule has 1 unspecified atom stereocenters. The van der Waals surface area contributed by atoms with E-state index in [1.54, 1.807) is 24.5 Å². The summed E-state index contributed by atoms with van der Waals surface area (Å²) in [7, 11) is 1.58. The minimum atomic E-state index is -1.22. The van der Waals surface area contributed by atoms with Crippen LogP contribution < -0.4 is 21.2 Å². The van der Waals surface area contributed by atoms with Crippen molar-refractivity contribution in [1.29, 1.82) is 0 Å². The van der Waals surface area contributed by atoms with Gasteiger partial charge in [0.2, 0.25) is 11.3 Å². The number of carboxylic acids is 1. The number of thiophene rings is 1. The van der Waals surface area contributed by atoms with Crippen molar-refractivity contribution < 1.29 is 19.4 Å². The fraction of sp³-hybridized carbons (Fsp3) is 0.464. The third-order valence-electron chi connectivity index (χ3n) is 7.42. The third-order valence-corrected chi connectivity index (χ3v) is 8.67. The molecule has 5 rings (SSSR count). The van der Waals surface area contributed by atoms with E-state index in [-0.39, 0.29) is 23.6 Å². The van der Waals surface area contributed by atoms with E-state index in [0.717, 1.165) is 60.9 Å². The molecule has 1 amide bonds. The molecule has 0 aliphatic heterocycles. The molecule has 2 aliphatic carbocycles. The van der Waals surface area contributed by atoms with Gasteiger partial charge in [0.15, 0.2) is 5.75 Å². The summed E-state index contributed by atoms with van der Waals surface area (Å²) in [6, 6.07) is 5.25. The number of aromatic carboxylic acids is 1. The smallest absolute Gasteiger partial charge is 0.341 e. The highest BCUT2D eigenvalue weighted by molar-refractivity contribution is 7.15. The number of benzene rings is 1. The highest BCUT2D eigenvalue weighted by atomic mass is 32.1. The second-order valence-electron chi connectivity index (χ2n) is 10.0. The SMILES string of the molecule is CCCC[C@@H](N)C(=O)NC1CCCc2sc(-c3ccc4c(=O)c(C(=O)O)cn(C5CC5)c4c3OC)cc21. The molecule has 0 radical (unpaired) electrons. The Hall–Kier alpha value is -3.17. The van der Waals surface area contributed by atoms with Gasteiger partial charge in [0, 0.05) is 27.6 Å². The van der Waals surface area contributed by atoms with Gasteiger partial charge < -0.3 is 25.5 Å². The van der Waals surface area contributed by atoms with Gasteiger partial charge in [-0.25, -0.2) is 4.79 Å². The number of unbranched alkanes of at least 4 members (excludes halogenated alkanes) is 1. The van der Waals surface area contributed by atoms with Crippen LogP contribution in [0.3, 0.4) is 0 Å². The van der Waals surface area contributed by atoms with Gasteiger partial charge in [-0.1, -0.05) is 19.8 Å². The van der Waals surface area contributed by atoms with E-state index in [4.69, 9.17) is 10.5 Å². The van der Waals surface area contributed by atoms with Crippen molar-refractivity contribution in [1.82, 2.24) is 9.88 Å². The first-order chi connectivity index (χ1) is 17.8. The summed E-state index contributed by atoms with van der Waals surface area (Å²) in [5.74, 6) is -0.762. The van der Waals surface area contributed by atoms with Crippen LogP contribution in [0.2, 0.25) is 0 Å². The van der Waals surface area contributed by atoms with Gasteiger partial charge in [-0.15, -0.1) is 11.3 Å². The quantitative estimate of drug-likeness (QED) is 0.371. The molecule has 37 heavy (non-hydrogen) atoms. The Morgan fingerprint density at radius 3 is 2.76 bits per heavy atom. The first-order valence-corrected chi connectivity index (χ1v) is 13.8. The lowest BCUT2D eigenvalue weighted by Crippen LogP contribution is -2.42. The average molecular weight is 524 g/mol. The van der Waals surface area contributed by atoms with Crippen molar-refractivity contribution in [2.45, 2.75) is 76.4 Å². The zero-order chi connectivity index (χ0) is 26.3. The number of pyridine rings is 1. The van der Waals surface area contributed by atoms with Gasteiger partial charge in [0.1, 0.15) is 5.56 Å². The number of nitrogens with one attached hydrogen (secondary N) is 1. The second-order valence-corrected chi connectivity index (χ2v) is 11.2. The molecule has 4 N–H and O–H groups in total. The number of nitrogens with zero attached hydrogens (tertiary/aromatic N) is 1. The summed E-state index contributed by atoms with van der Waals surface area (Å²) in [5, 5.41) is 13.1. The number of carbonyl (C=O) groups is 2. The van der Waals surface area contributed by atoms with Gasteiger partial charge in [-0.05, 0) is 62.3 Å². The number of carboxylic acid groups (broad SMARTS) is 1. The number of carbonyl (C=O) groups excluding carboxylic acids is 1. The lowest BCUT2D eigenvalue weighted by Gasteiger charge is -2.25. The Labute approximate surface area is 219 Å². The fourth-order valence-electron chi connectivity index (χ4n) is 5.28. The maximum atomic E-state index is 13.0. The topological polar surface area (TPSA) is 124 Å². The van der Waals surface area contributed by atoms with E-state index in [1.165, 1.54) is 11.1 Å². The van der Waals surface area contributed by atoms with Gasteiger partial charge in [-0.2, -0.15) is 0 Å². The summed E-state index contributed by atoms with van der Waals surface area (Å²) >= 11 is 1.68. The molecule has 9 heteroatoms. The number of ether oxygens (including phenoxy) is 1. The predicted octanol–water partition coefficient (Wildman–Crippen LogP) is 4.78. The lowest BCUT2D eigenvalue weighted by molar-refractivity contribution is -0.123. The normalized spacial score (nSPS) is 17.9. The Kier molecular flexibility index (Phi) is 7.09. The van der Waals surface area contributed by atoms with Crippen molar-refractivity contribution in [2.75, 3.05) is 7.11 Å². The monoisotopic (exact) mass is 523 g/mol. The first kappa shape index (κ1) is 25.5. The largest absolute Gasteiger partial charge is 0.494 e. The maximum absolute atomic E-state index is 13.0. The summed E-state index contributed by atoms with van der Waals surface area (Å²) in [5.41, 5.74) is 8.00. The van der Waals surface area contributed by atoms with Crippen LogP contribution in [-0.2, 0) is 11.2 Å². The van der Waals surface area contributed by atoms with Crippen LogP contribution in [-0.4, -0.2) is 34.7 Å². The zero-order valence-electron chi connectivity index (χ0n) is 21.2. The predicted molar refractivity (Wildman–Crippen MR) is 145 cm³/mol. The number of nitrogens with two attached hydrogens (primary N) is 1. The number of fused-ring (bicyclic) bond motifs is 2. The second kappa shape index (κ2) is 10.3. The fourth-order valence-corrected chi connectivity index (χ4v) is 6.57. The number of hydrogen-bond acceptors (Lipinski definition) is 6. The van der Waals surface area contributed by atoms with Crippen LogP contribution in [0.15, 0.2) is 29.2 Å². The van der Waals surface area contributed by atoms with Gasteiger partial charge in [-0.3, -0.25) is 9.59 Å². The Balaban J connectivity index is 1.56. The summed E-state index contributed by atoms with van der Waals surface area (Å²) in [4.78, 5) is 39.7. The number of methoxy groups -OCH3 is 1. The molecule has 0 spiro atoms. The van der Waals surface area contributed by atoms with E-state index in [9.17, 15) is 19.5 Å². The highest BCUT2D eigenvalue weighted by Crippen LogP contribution is 2.46.